The molecule has 1 aliphatic rings. The van der Waals surface area contributed by atoms with Crippen LogP contribution in [0.5, 0.6) is 0 Å². The normalized spacial score (nSPS) is 14.7. The number of benzene rings is 1. The number of allylic oxidation sites excluding steroid dienone is 1. The molecule has 0 N–H and O–H groups in total. The summed E-state index contributed by atoms with van der Waals surface area (Å²) in [6.07, 6.45) is 2.72. The monoisotopic (exact) mass is 301 g/mol. The Bertz CT molecular complexity index is 680. The molecule has 0 aliphatic carbocycles. The maximum atomic E-state index is 12.0. The third-order valence-electron chi connectivity index (χ3n) is 3.01. The first-order valence-electron chi connectivity index (χ1n) is 6.28. The van der Waals surface area contributed by atoms with E-state index < -0.39 is 0 Å². The molecule has 0 radical (unpaired) electrons. The molecule has 0 spiro atoms. The van der Waals surface area contributed by atoms with Crippen molar-refractivity contribution in [2.45, 2.75) is 0 Å². The van der Waals surface area contributed by atoms with Crippen molar-refractivity contribution in [1.82, 2.24) is 9.59 Å². The summed E-state index contributed by atoms with van der Waals surface area (Å²) >= 11 is 1.23. The van der Waals surface area contributed by atoms with Crippen molar-refractivity contribution in [2.24, 2.45) is 0 Å². The van der Waals surface area contributed by atoms with Gasteiger partial charge < -0.3 is 4.74 Å². The SMILES string of the molecule is O=C(/C=C/c1csnn1)c1ccc(N2CCOC2=O)cc1. The predicted molar refractivity (Wildman–Crippen MR) is 78.4 cm³/mol. The predicted octanol–water partition coefficient (Wildman–Crippen LogP) is 2.39. The minimum atomic E-state index is -0.356. The lowest BCUT2D eigenvalue weighted by Gasteiger charge is -2.12. The number of rotatable bonds is 4. The van der Waals surface area contributed by atoms with Gasteiger partial charge in [-0.15, -0.1) is 5.10 Å². The number of nitrogens with zero attached hydrogens (tertiary/aromatic N) is 3. The summed E-state index contributed by atoms with van der Waals surface area (Å²) in [6, 6.07) is 6.84. The van der Waals surface area contributed by atoms with Crippen molar-refractivity contribution in [3.8, 4) is 0 Å². The number of carbonyl (C=O) groups is 2. The molecule has 1 saturated heterocycles. The maximum absolute atomic E-state index is 12.0. The van der Waals surface area contributed by atoms with Crippen LogP contribution in [-0.2, 0) is 4.74 Å². The highest BCUT2D eigenvalue weighted by Gasteiger charge is 2.23. The zero-order chi connectivity index (χ0) is 14.7. The summed E-state index contributed by atoms with van der Waals surface area (Å²) in [5.74, 6) is -0.126. The van der Waals surface area contributed by atoms with Crippen LogP contribution in [0.15, 0.2) is 35.7 Å². The van der Waals surface area contributed by atoms with Crippen LogP contribution < -0.4 is 4.90 Å². The molecule has 1 aliphatic heterocycles. The summed E-state index contributed by atoms with van der Waals surface area (Å²) in [7, 11) is 0. The summed E-state index contributed by atoms with van der Waals surface area (Å²) in [5.41, 5.74) is 1.93. The van der Waals surface area contributed by atoms with Crippen LogP contribution >= 0.6 is 11.5 Å². The molecular weight excluding hydrogens is 290 g/mol. The van der Waals surface area contributed by atoms with Gasteiger partial charge >= 0.3 is 6.09 Å². The molecule has 2 aromatic rings. The van der Waals surface area contributed by atoms with Crippen LogP contribution in [0.3, 0.4) is 0 Å². The number of ketones is 1. The van der Waals surface area contributed by atoms with Gasteiger partial charge in [0.05, 0.1) is 12.2 Å². The van der Waals surface area contributed by atoms with E-state index >= 15 is 0 Å². The third kappa shape index (κ3) is 2.97. The van der Waals surface area contributed by atoms with Crippen molar-refractivity contribution in [3.05, 3.63) is 47.0 Å². The van der Waals surface area contributed by atoms with E-state index in [1.807, 2.05) is 0 Å². The average Bonchev–Trinajstić information content (AvgIpc) is 3.16. The summed E-state index contributed by atoms with van der Waals surface area (Å²) < 4.78 is 8.59. The second kappa shape index (κ2) is 5.84. The van der Waals surface area contributed by atoms with Gasteiger partial charge in [0.15, 0.2) is 5.78 Å². The van der Waals surface area contributed by atoms with Gasteiger partial charge in [0, 0.05) is 16.6 Å². The Hall–Kier alpha value is -2.54. The van der Waals surface area contributed by atoms with E-state index in [2.05, 4.69) is 9.59 Å². The molecule has 1 aromatic heterocycles. The van der Waals surface area contributed by atoms with Crippen LogP contribution in [0.2, 0.25) is 0 Å². The number of hydrogen-bond donors (Lipinski definition) is 0. The van der Waals surface area contributed by atoms with Gasteiger partial charge in [0.1, 0.15) is 6.61 Å². The smallest absolute Gasteiger partial charge is 0.414 e. The van der Waals surface area contributed by atoms with E-state index in [-0.39, 0.29) is 11.9 Å². The molecule has 7 heteroatoms. The van der Waals surface area contributed by atoms with Crippen molar-refractivity contribution < 1.29 is 14.3 Å². The molecule has 0 unspecified atom stereocenters. The first-order valence-corrected chi connectivity index (χ1v) is 7.11. The van der Waals surface area contributed by atoms with Gasteiger partial charge in [-0.25, -0.2) is 4.79 Å². The first-order chi connectivity index (χ1) is 10.2. The first kappa shape index (κ1) is 13.4. The fraction of sp³-hybridized carbons (Fsp3) is 0.143. The minimum absolute atomic E-state index is 0.126. The fourth-order valence-electron chi connectivity index (χ4n) is 1.94. The Balaban J connectivity index is 1.71. The zero-order valence-corrected chi connectivity index (χ0v) is 11.7. The quantitative estimate of drug-likeness (QED) is 0.640. The fourth-order valence-corrected chi connectivity index (χ4v) is 2.36. The van der Waals surface area contributed by atoms with E-state index in [1.165, 1.54) is 22.5 Å². The van der Waals surface area contributed by atoms with Gasteiger partial charge in [-0.2, -0.15) is 0 Å². The van der Waals surface area contributed by atoms with Crippen LogP contribution in [0, 0.1) is 0 Å². The van der Waals surface area contributed by atoms with Gasteiger partial charge in [0.2, 0.25) is 0 Å². The topological polar surface area (TPSA) is 72.4 Å². The van der Waals surface area contributed by atoms with Crippen LogP contribution in [0.4, 0.5) is 10.5 Å². The van der Waals surface area contributed by atoms with Gasteiger partial charge in [-0.05, 0) is 47.9 Å². The van der Waals surface area contributed by atoms with Crippen LogP contribution in [0.25, 0.3) is 6.08 Å². The Morgan fingerprint density at radius 3 is 2.76 bits per heavy atom. The highest BCUT2D eigenvalue weighted by atomic mass is 32.1. The van der Waals surface area contributed by atoms with E-state index in [9.17, 15) is 9.59 Å². The van der Waals surface area contributed by atoms with Gasteiger partial charge in [-0.1, -0.05) is 4.49 Å². The molecule has 1 fully saturated rings. The molecule has 6 nitrogen and oxygen atoms in total. The molecule has 3 rings (SSSR count). The molecule has 2 heterocycles. The number of amides is 1. The molecule has 1 amide bonds. The van der Waals surface area contributed by atoms with Crippen LogP contribution in [0.1, 0.15) is 16.1 Å². The highest BCUT2D eigenvalue weighted by molar-refractivity contribution is 7.03. The lowest BCUT2D eigenvalue weighted by molar-refractivity contribution is 0.104. The summed E-state index contributed by atoms with van der Waals surface area (Å²) in [5, 5.41) is 5.58. The van der Waals surface area contributed by atoms with Gasteiger partial charge in [0.25, 0.3) is 0 Å². The second-order valence-corrected chi connectivity index (χ2v) is 4.95. The second-order valence-electron chi connectivity index (χ2n) is 4.34. The molecule has 0 bridgehead atoms. The van der Waals surface area contributed by atoms with E-state index in [1.54, 1.807) is 35.7 Å². The Labute approximate surface area is 124 Å². The average molecular weight is 301 g/mol. The molecule has 0 atom stereocenters. The van der Waals surface area contributed by atoms with Crippen molar-refractivity contribution >= 4 is 35.2 Å². The zero-order valence-electron chi connectivity index (χ0n) is 10.9. The molecular formula is C14H11N3O3S. The molecule has 1 aromatic carbocycles. The lowest BCUT2D eigenvalue weighted by atomic mass is 10.1. The Morgan fingerprint density at radius 2 is 2.14 bits per heavy atom. The highest BCUT2D eigenvalue weighted by Crippen LogP contribution is 2.19. The lowest BCUT2D eigenvalue weighted by Crippen LogP contribution is -2.23. The standard InChI is InChI=1S/C14H11N3O3S/c18-13(6-3-11-9-21-16-15-11)10-1-4-12(5-2-10)17-7-8-20-14(17)19/h1-6,9H,7-8H2/b6-3+. The van der Waals surface area contributed by atoms with Crippen molar-refractivity contribution in [1.29, 1.82) is 0 Å². The van der Waals surface area contributed by atoms with E-state index in [0.717, 1.165) is 5.69 Å². The van der Waals surface area contributed by atoms with E-state index in [4.69, 9.17) is 4.74 Å². The summed E-state index contributed by atoms with van der Waals surface area (Å²) in [6.45, 7) is 0.923. The summed E-state index contributed by atoms with van der Waals surface area (Å²) in [4.78, 5) is 25.0. The number of cyclic esters (lactones) is 1. The number of aromatic nitrogens is 2. The number of hydrogen-bond acceptors (Lipinski definition) is 6. The number of anilines is 1. The Kier molecular flexibility index (Phi) is 3.74. The Morgan fingerprint density at radius 1 is 1.33 bits per heavy atom. The molecule has 106 valence electrons. The van der Waals surface area contributed by atoms with Crippen molar-refractivity contribution in [3.63, 3.8) is 0 Å². The molecule has 21 heavy (non-hydrogen) atoms. The minimum Gasteiger partial charge on any atom is -0.447 e. The van der Waals surface area contributed by atoms with E-state index in [0.29, 0.717) is 24.4 Å². The van der Waals surface area contributed by atoms with Gasteiger partial charge in [-0.3, -0.25) is 9.69 Å². The largest absolute Gasteiger partial charge is 0.447 e. The van der Waals surface area contributed by atoms with Crippen LogP contribution in [-0.4, -0.2) is 34.6 Å². The number of ether oxygens (including phenoxy) is 1. The maximum Gasteiger partial charge on any atom is 0.414 e. The number of carbonyl (C=O) groups excluding carboxylic acids is 2. The van der Waals surface area contributed by atoms with Crippen molar-refractivity contribution in [2.75, 3.05) is 18.1 Å². The third-order valence-corrected chi connectivity index (χ3v) is 3.53. The molecule has 0 saturated carbocycles.